The molecule has 1 aromatic heterocycles. The standard InChI is InChI=1S/C26H26N4O2S/c1-20-12-14-22(15-13-20)33(31,32)30-17-7-16-29(18-19-30)26-25(21-8-3-2-4-9-21)27-23-10-5-6-11-24(23)28-26/h2-6,8-15H,7,16-19H2,1H3. The fourth-order valence-corrected chi connectivity index (χ4v) is 5.68. The van der Waals surface area contributed by atoms with Crippen LogP contribution >= 0.6 is 0 Å². The monoisotopic (exact) mass is 458 g/mol. The van der Waals surface area contributed by atoms with Crippen molar-refractivity contribution in [1.29, 1.82) is 0 Å². The lowest BCUT2D eigenvalue weighted by Gasteiger charge is -2.25. The maximum absolute atomic E-state index is 13.2. The van der Waals surface area contributed by atoms with Gasteiger partial charge < -0.3 is 4.90 Å². The highest BCUT2D eigenvalue weighted by atomic mass is 32.2. The molecule has 0 atom stereocenters. The molecule has 33 heavy (non-hydrogen) atoms. The molecule has 1 fully saturated rings. The zero-order valence-electron chi connectivity index (χ0n) is 18.6. The number of aryl methyl sites for hydroxylation is 1. The van der Waals surface area contributed by atoms with E-state index in [0.717, 1.165) is 33.7 Å². The summed E-state index contributed by atoms with van der Waals surface area (Å²) >= 11 is 0. The molecule has 0 aliphatic carbocycles. The van der Waals surface area contributed by atoms with Crippen LogP contribution in [0.1, 0.15) is 12.0 Å². The van der Waals surface area contributed by atoms with Gasteiger partial charge in [0.05, 0.1) is 15.9 Å². The van der Waals surface area contributed by atoms with Crippen molar-refractivity contribution in [2.45, 2.75) is 18.2 Å². The molecular weight excluding hydrogens is 432 g/mol. The average Bonchev–Trinajstić information content (AvgIpc) is 3.11. The number of aromatic nitrogens is 2. The van der Waals surface area contributed by atoms with Crippen molar-refractivity contribution in [2.24, 2.45) is 0 Å². The van der Waals surface area contributed by atoms with Crippen molar-refractivity contribution in [3.8, 4) is 11.3 Å². The van der Waals surface area contributed by atoms with Gasteiger partial charge in [-0.3, -0.25) is 0 Å². The summed E-state index contributed by atoms with van der Waals surface area (Å²) in [4.78, 5) is 12.4. The van der Waals surface area contributed by atoms with Crippen LogP contribution in [0.3, 0.4) is 0 Å². The number of benzene rings is 3. The van der Waals surface area contributed by atoms with Gasteiger partial charge >= 0.3 is 0 Å². The maximum Gasteiger partial charge on any atom is 0.243 e. The Morgan fingerprint density at radius 3 is 2.12 bits per heavy atom. The lowest BCUT2D eigenvalue weighted by Crippen LogP contribution is -2.35. The molecule has 3 aromatic carbocycles. The highest BCUT2D eigenvalue weighted by molar-refractivity contribution is 7.89. The molecule has 0 unspecified atom stereocenters. The number of sulfonamides is 1. The SMILES string of the molecule is Cc1ccc(S(=O)(=O)N2CCCN(c3nc4ccccc4nc3-c3ccccc3)CC2)cc1. The van der Waals surface area contributed by atoms with E-state index < -0.39 is 10.0 Å². The van der Waals surface area contributed by atoms with Crippen LogP contribution in [0, 0.1) is 6.92 Å². The third kappa shape index (κ3) is 4.34. The molecule has 1 aliphatic heterocycles. The topological polar surface area (TPSA) is 66.4 Å². The van der Waals surface area contributed by atoms with Crippen molar-refractivity contribution in [3.63, 3.8) is 0 Å². The van der Waals surface area contributed by atoms with E-state index in [1.54, 1.807) is 16.4 Å². The molecule has 0 amide bonds. The Balaban J connectivity index is 1.48. The Morgan fingerprint density at radius 1 is 0.727 bits per heavy atom. The molecule has 6 nitrogen and oxygen atoms in total. The number of anilines is 1. The molecule has 1 saturated heterocycles. The molecule has 168 valence electrons. The largest absolute Gasteiger partial charge is 0.353 e. The number of para-hydroxylation sites is 2. The van der Waals surface area contributed by atoms with Gasteiger partial charge in [0.2, 0.25) is 10.0 Å². The smallest absolute Gasteiger partial charge is 0.243 e. The Bertz CT molecular complexity index is 1370. The maximum atomic E-state index is 13.2. The van der Waals surface area contributed by atoms with E-state index in [1.807, 2.05) is 73.7 Å². The highest BCUT2D eigenvalue weighted by Crippen LogP contribution is 2.30. The molecule has 0 saturated carbocycles. The van der Waals surface area contributed by atoms with Gasteiger partial charge in [-0.15, -0.1) is 0 Å². The van der Waals surface area contributed by atoms with Gasteiger partial charge in [0.1, 0.15) is 5.69 Å². The zero-order chi connectivity index (χ0) is 22.8. The molecule has 0 N–H and O–H groups in total. The quantitative estimate of drug-likeness (QED) is 0.450. The summed E-state index contributed by atoms with van der Waals surface area (Å²) in [5, 5.41) is 0. The van der Waals surface area contributed by atoms with Crippen LogP contribution in [-0.2, 0) is 10.0 Å². The second-order valence-electron chi connectivity index (χ2n) is 8.31. The van der Waals surface area contributed by atoms with E-state index in [9.17, 15) is 8.42 Å². The Kier molecular flexibility index (Phi) is 5.83. The second kappa shape index (κ2) is 8.92. The van der Waals surface area contributed by atoms with Crippen LogP contribution in [0.25, 0.3) is 22.3 Å². The van der Waals surface area contributed by atoms with Crippen molar-refractivity contribution < 1.29 is 8.42 Å². The van der Waals surface area contributed by atoms with E-state index in [-0.39, 0.29) is 0 Å². The molecular formula is C26H26N4O2S. The fraction of sp³-hybridized carbons (Fsp3) is 0.231. The summed E-state index contributed by atoms with van der Waals surface area (Å²) in [6, 6.07) is 25.0. The molecule has 5 rings (SSSR count). The predicted octanol–water partition coefficient (Wildman–Crippen LogP) is 4.51. The predicted molar refractivity (Wildman–Crippen MR) is 132 cm³/mol. The van der Waals surface area contributed by atoms with E-state index in [4.69, 9.17) is 9.97 Å². The molecule has 0 radical (unpaired) electrons. The van der Waals surface area contributed by atoms with Crippen molar-refractivity contribution in [3.05, 3.63) is 84.4 Å². The van der Waals surface area contributed by atoms with Gasteiger partial charge in [0, 0.05) is 31.7 Å². The Hall–Kier alpha value is -3.29. The summed E-state index contributed by atoms with van der Waals surface area (Å²) in [6.45, 7) is 4.10. The molecule has 7 heteroatoms. The Labute approximate surface area is 194 Å². The van der Waals surface area contributed by atoms with Crippen LogP contribution in [0.2, 0.25) is 0 Å². The third-order valence-electron chi connectivity index (χ3n) is 6.01. The summed E-state index contributed by atoms with van der Waals surface area (Å²) in [5.74, 6) is 0.800. The lowest BCUT2D eigenvalue weighted by molar-refractivity contribution is 0.433. The summed E-state index contributed by atoms with van der Waals surface area (Å²) < 4.78 is 28.1. The summed E-state index contributed by atoms with van der Waals surface area (Å²) in [5.41, 5.74) is 4.54. The Morgan fingerprint density at radius 2 is 1.39 bits per heavy atom. The van der Waals surface area contributed by atoms with Crippen molar-refractivity contribution in [2.75, 3.05) is 31.1 Å². The highest BCUT2D eigenvalue weighted by Gasteiger charge is 2.28. The first-order valence-corrected chi connectivity index (χ1v) is 12.6. The zero-order valence-corrected chi connectivity index (χ0v) is 19.4. The molecule has 1 aliphatic rings. The first kappa shape index (κ1) is 21.6. The molecule has 4 aromatic rings. The van der Waals surface area contributed by atoms with Gasteiger partial charge in [-0.05, 0) is 37.6 Å². The minimum absolute atomic E-state index is 0.344. The molecule has 2 heterocycles. The van der Waals surface area contributed by atoms with Gasteiger partial charge in [0.25, 0.3) is 0 Å². The third-order valence-corrected chi connectivity index (χ3v) is 7.93. The van der Waals surface area contributed by atoms with E-state index in [1.165, 1.54) is 0 Å². The number of hydrogen-bond acceptors (Lipinski definition) is 5. The van der Waals surface area contributed by atoms with Gasteiger partial charge in [0.15, 0.2) is 5.82 Å². The summed E-state index contributed by atoms with van der Waals surface area (Å²) in [6.07, 6.45) is 0.716. The normalized spacial score (nSPS) is 15.5. The van der Waals surface area contributed by atoms with Crippen molar-refractivity contribution >= 4 is 26.9 Å². The van der Waals surface area contributed by atoms with Gasteiger partial charge in [-0.2, -0.15) is 4.31 Å². The average molecular weight is 459 g/mol. The lowest BCUT2D eigenvalue weighted by atomic mass is 10.1. The number of fused-ring (bicyclic) bond motifs is 1. The van der Waals surface area contributed by atoms with Crippen molar-refractivity contribution in [1.82, 2.24) is 14.3 Å². The minimum atomic E-state index is -3.53. The van der Waals surface area contributed by atoms with E-state index >= 15 is 0 Å². The van der Waals surface area contributed by atoms with E-state index in [0.29, 0.717) is 37.5 Å². The summed E-state index contributed by atoms with van der Waals surface area (Å²) in [7, 11) is -3.53. The number of nitrogens with zero attached hydrogens (tertiary/aromatic N) is 4. The second-order valence-corrected chi connectivity index (χ2v) is 10.2. The number of hydrogen-bond donors (Lipinski definition) is 0. The van der Waals surface area contributed by atoms with Crippen LogP contribution in [0.4, 0.5) is 5.82 Å². The molecule has 0 bridgehead atoms. The number of rotatable bonds is 4. The first-order valence-electron chi connectivity index (χ1n) is 11.2. The fourth-order valence-electron chi connectivity index (χ4n) is 4.21. The van der Waals surface area contributed by atoms with Crippen LogP contribution in [0.15, 0.2) is 83.8 Å². The van der Waals surface area contributed by atoms with Crippen LogP contribution in [0.5, 0.6) is 0 Å². The molecule has 0 spiro atoms. The minimum Gasteiger partial charge on any atom is -0.353 e. The van der Waals surface area contributed by atoms with Gasteiger partial charge in [-0.1, -0.05) is 60.2 Å². The van der Waals surface area contributed by atoms with Crippen LogP contribution < -0.4 is 4.90 Å². The first-order chi connectivity index (χ1) is 16.0. The van der Waals surface area contributed by atoms with Crippen LogP contribution in [-0.4, -0.2) is 48.9 Å². The van der Waals surface area contributed by atoms with E-state index in [2.05, 4.69) is 4.90 Å². The van der Waals surface area contributed by atoms with Gasteiger partial charge in [-0.25, -0.2) is 18.4 Å².